The van der Waals surface area contributed by atoms with Crippen molar-refractivity contribution in [3.63, 3.8) is 0 Å². The summed E-state index contributed by atoms with van der Waals surface area (Å²) in [6, 6.07) is 17.6. The smallest absolute Gasteiger partial charge is 0.165 e. The van der Waals surface area contributed by atoms with E-state index >= 15 is 0 Å². The Morgan fingerprint density at radius 3 is 2.68 bits per heavy atom. The molecule has 0 unspecified atom stereocenters. The largest absolute Gasteiger partial charge is 0.378 e. The number of Topliss-reactive ketones (excluding diaryl/α,β-unsaturated/α-hetero) is 1. The molecule has 0 radical (unpaired) electrons. The number of anilines is 3. The molecule has 0 bridgehead atoms. The first-order valence-corrected chi connectivity index (χ1v) is 9.01. The first-order chi connectivity index (χ1) is 13.5. The second-order valence-corrected chi connectivity index (χ2v) is 6.83. The van der Waals surface area contributed by atoms with Crippen molar-refractivity contribution in [1.82, 2.24) is 14.6 Å². The number of carbonyl (C=O) groups is 1. The minimum Gasteiger partial charge on any atom is -0.378 e. The molecule has 0 saturated heterocycles. The summed E-state index contributed by atoms with van der Waals surface area (Å²) >= 11 is 0. The van der Waals surface area contributed by atoms with E-state index in [4.69, 9.17) is 0 Å². The summed E-state index contributed by atoms with van der Waals surface area (Å²) in [6.45, 7) is 1.57. The third-order valence-electron chi connectivity index (χ3n) is 4.62. The maximum atomic E-state index is 11.7. The summed E-state index contributed by atoms with van der Waals surface area (Å²) in [7, 11) is 4.03. The average Bonchev–Trinajstić information content (AvgIpc) is 3.13. The molecule has 0 atom stereocenters. The number of aromatic nitrogens is 3. The van der Waals surface area contributed by atoms with Crippen molar-refractivity contribution in [2.75, 3.05) is 24.3 Å². The van der Waals surface area contributed by atoms with Crippen LogP contribution in [-0.4, -0.2) is 34.5 Å². The highest BCUT2D eigenvalue weighted by Gasteiger charge is 2.12. The standard InChI is InChI=1S/C22H21N5O/c1-15(28)16-6-4-7-17(12-16)20-14-24-27-21(10-11-23-22(20)27)25-18-8-5-9-19(13-18)26(2)3/h4-14,25H,1-3H3. The maximum Gasteiger partial charge on any atom is 0.165 e. The van der Waals surface area contributed by atoms with E-state index in [0.29, 0.717) is 5.56 Å². The number of nitrogens with one attached hydrogen (secondary N) is 1. The van der Waals surface area contributed by atoms with Gasteiger partial charge in [0, 0.05) is 42.8 Å². The molecule has 0 amide bonds. The molecule has 2 aromatic carbocycles. The Bertz CT molecular complexity index is 1160. The molecule has 1 N–H and O–H groups in total. The lowest BCUT2D eigenvalue weighted by Crippen LogP contribution is -2.08. The number of carbonyl (C=O) groups excluding carboxylic acids is 1. The van der Waals surface area contributed by atoms with Crippen LogP contribution < -0.4 is 10.2 Å². The Morgan fingerprint density at radius 2 is 1.89 bits per heavy atom. The molecule has 4 aromatic rings. The Balaban J connectivity index is 1.74. The number of fused-ring (bicyclic) bond motifs is 1. The Hall–Kier alpha value is -3.67. The van der Waals surface area contributed by atoms with Crippen LogP contribution in [0.25, 0.3) is 16.8 Å². The van der Waals surface area contributed by atoms with Gasteiger partial charge in [-0.1, -0.05) is 24.3 Å². The molecule has 4 rings (SSSR count). The summed E-state index contributed by atoms with van der Waals surface area (Å²) in [5.74, 6) is 0.851. The van der Waals surface area contributed by atoms with Crippen LogP contribution in [0.15, 0.2) is 67.0 Å². The molecule has 0 spiro atoms. The third kappa shape index (κ3) is 3.32. The van der Waals surface area contributed by atoms with Crippen molar-refractivity contribution in [2.45, 2.75) is 6.92 Å². The first-order valence-electron chi connectivity index (χ1n) is 9.01. The number of rotatable bonds is 5. The van der Waals surface area contributed by atoms with Crippen molar-refractivity contribution >= 4 is 28.6 Å². The van der Waals surface area contributed by atoms with Crippen LogP contribution in [0, 0.1) is 0 Å². The molecule has 6 heteroatoms. The summed E-state index contributed by atoms with van der Waals surface area (Å²) in [5.41, 5.74) is 5.28. The molecule has 0 fully saturated rings. The van der Waals surface area contributed by atoms with Crippen molar-refractivity contribution in [1.29, 1.82) is 0 Å². The van der Waals surface area contributed by atoms with Gasteiger partial charge in [0.1, 0.15) is 5.82 Å². The molecule has 6 nitrogen and oxygen atoms in total. The summed E-state index contributed by atoms with van der Waals surface area (Å²) in [4.78, 5) is 18.3. The second kappa shape index (κ2) is 7.15. The molecule has 0 aliphatic carbocycles. The predicted molar refractivity (Wildman–Crippen MR) is 112 cm³/mol. The van der Waals surface area contributed by atoms with Crippen molar-refractivity contribution in [2.24, 2.45) is 0 Å². The fraction of sp³-hybridized carbons (Fsp3) is 0.136. The van der Waals surface area contributed by atoms with Crippen molar-refractivity contribution in [3.05, 3.63) is 72.6 Å². The molecule has 0 aliphatic heterocycles. The summed E-state index contributed by atoms with van der Waals surface area (Å²) in [6.07, 6.45) is 3.54. The number of hydrogen-bond donors (Lipinski definition) is 1. The van der Waals surface area contributed by atoms with Crippen LogP contribution in [-0.2, 0) is 0 Å². The van der Waals surface area contributed by atoms with Gasteiger partial charge in [-0.15, -0.1) is 0 Å². The summed E-state index contributed by atoms with van der Waals surface area (Å²) < 4.78 is 1.78. The molecule has 2 aromatic heterocycles. The summed E-state index contributed by atoms with van der Waals surface area (Å²) in [5, 5.41) is 7.94. The number of hydrogen-bond acceptors (Lipinski definition) is 5. The van der Waals surface area contributed by atoms with Crippen LogP contribution in [0.5, 0.6) is 0 Å². The van der Waals surface area contributed by atoms with Gasteiger partial charge in [0.05, 0.1) is 6.20 Å². The number of benzene rings is 2. The monoisotopic (exact) mass is 371 g/mol. The zero-order valence-corrected chi connectivity index (χ0v) is 16.0. The van der Waals surface area contributed by atoms with Crippen molar-refractivity contribution in [3.8, 4) is 11.1 Å². The highest BCUT2D eigenvalue weighted by Crippen LogP contribution is 2.27. The van der Waals surface area contributed by atoms with E-state index in [1.165, 1.54) is 0 Å². The van der Waals surface area contributed by atoms with Gasteiger partial charge in [0.2, 0.25) is 0 Å². The van der Waals surface area contributed by atoms with E-state index in [1.54, 1.807) is 23.8 Å². The lowest BCUT2D eigenvalue weighted by atomic mass is 10.0. The SMILES string of the molecule is CC(=O)c1cccc(-c2cnn3c(Nc4cccc(N(C)C)c4)ccnc23)c1. The zero-order valence-electron chi connectivity index (χ0n) is 16.0. The van der Waals surface area contributed by atoms with E-state index in [2.05, 4.69) is 32.4 Å². The highest BCUT2D eigenvalue weighted by molar-refractivity contribution is 5.95. The maximum absolute atomic E-state index is 11.7. The minimum atomic E-state index is 0.0365. The molecule has 0 saturated carbocycles. The predicted octanol–water partition coefficient (Wildman–Crippen LogP) is 4.41. The lowest BCUT2D eigenvalue weighted by molar-refractivity contribution is 0.101. The quantitative estimate of drug-likeness (QED) is 0.527. The first kappa shape index (κ1) is 17.7. The molecular formula is C22H21N5O. The molecular weight excluding hydrogens is 350 g/mol. The third-order valence-corrected chi connectivity index (χ3v) is 4.62. The van der Waals surface area contributed by atoms with Gasteiger partial charge in [0.25, 0.3) is 0 Å². The topological polar surface area (TPSA) is 62.5 Å². The zero-order chi connectivity index (χ0) is 19.7. The van der Waals surface area contributed by atoms with Crippen LogP contribution in [0.3, 0.4) is 0 Å². The van der Waals surface area contributed by atoms with Gasteiger partial charge in [-0.05, 0) is 42.8 Å². The van der Waals surface area contributed by atoms with Crippen LogP contribution >= 0.6 is 0 Å². The van der Waals surface area contributed by atoms with Crippen molar-refractivity contribution < 1.29 is 4.79 Å². The van der Waals surface area contributed by atoms with Crippen LogP contribution in [0.4, 0.5) is 17.2 Å². The van der Waals surface area contributed by atoms with E-state index in [-0.39, 0.29) is 5.78 Å². The highest BCUT2D eigenvalue weighted by atomic mass is 16.1. The van der Waals surface area contributed by atoms with Gasteiger partial charge >= 0.3 is 0 Å². The van der Waals surface area contributed by atoms with Gasteiger partial charge < -0.3 is 10.2 Å². The fourth-order valence-electron chi connectivity index (χ4n) is 3.11. The van der Waals surface area contributed by atoms with E-state index < -0.39 is 0 Å². The molecule has 2 heterocycles. The Labute approximate surface area is 163 Å². The number of nitrogens with zero attached hydrogens (tertiary/aromatic N) is 4. The molecule has 140 valence electrons. The van der Waals surface area contributed by atoms with Gasteiger partial charge in [-0.25, -0.2) is 4.98 Å². The van der Waals surface area contributed by atoms with E-state index in [0.717, 1.165) is 34.0 Å². The van der Waals surface area contributed by atoms with E-state index in [9.17, 15) is 4.79 Å². The van der Waals surface area contributed by atoms with Gasteiger partial charge in [-0.2, -0.15) is 9.61 Å². The van der Waals surface area contributed by atoms with Crippen LogP contribution in [0.2, 0.25) is 0 Å². The van der Waals surface area contributed by atoms with Gasteiger partial charge in [-0.3, -0.25) is 4.79 Å². The lowest BCUT2D eigenvalue weighted by Gasteiger charge is -2.14. The Kier molecular flexibility index (Phi) is 4.53. The second-order valence-electron chi connectivity index (χ2n) is 6.83. The average molecular weight is 371 g/mol. The normalized spacial score (nSPS) is 10.8. The molecule has 0 aliphatic rings. The van der Waals surface area contributed by atoms with E-state index in [1.807, 2.05) is 56.6 Å². The van der Waals surface area contributed by atoms with Crippen LogP contribution in [0.1, 0.15) is 17.3 Å². The van der Waals surface area contributed by atoms with Gasteiger partial charge in [0.15, 0.2) is 11.4 Å². The number of ketones is 1. The molecule has 28 heavy (non-hydrogen) atoms. The fourth-order valence-corrected chi connectivity index (χ4v) is 3.11. The Morgan fingerprint density at radius 1 is 1.07 bits per heavy atom. The minimum absolute atomic E-state index is 0.0365.